The van der Waals surface area contributed by atoms with E-state index >= 15 is 0 Å². The number of hydrogen-bond acceptors (Lipinski definition) is 6. The van der Waals surface area contributed by atoms with E-state index in [0.29, 0.717) is 27.0 Å². The summed E-state index contributed by atoms with van der Waals surface area (Å²) < 4.78 is 30.9. The predicted octanol–water partition coefficient (Wildman–Crippen LogP) is 8.49. The Hall–Kier alpha value is -3.56. The van der Waals surface area contributed by atoms with Gasteiger partial charge < -0.3 is 4.18 Å². The number of carbonyl (C=O) groups excluding carboxylic acids is 1. The fraction of sp³-hybridized carbons (Fsp3) is 0.0968. The third kappa shape index (κ3) is 6.52. The highest BCUT2D eigenvalue weighted by molar-refractivity contribution is 8.19. The molecule has 4 aromatic carbocycles. The summed E-state index contributed by atoms with van der Waals surface area (Å²) in [5, 5.41) is 0.467. The SMILES string of the molecule is Cc1ccc(N=C2S/C(=C\c3cc(Cl)c(OS(=O)(=O)c4ccc(C)cc4)c(Cl)c3)C(=O)N2c2ccc(C)cc2)cc1. The Balaban J connectivity index is 1.48. The van der Waals surface area contributed by atoms with E-state index in [1.165, 1.54) is 36.0 Å². The molecule has 1 aliphatic rings. The molecule has 4 aromatic rings. The fourth-order valence-corrected chi connectivity index (χ4v) is 6.59. The summed E-state index contributed by atoms with van der Waals surface area (Å²) in [6, 6.07) is 24.5. The van der Waals surface area contributed by atoms with Crippen molar-refractivity contribution in [1.82, 2.24) is 0 Å². The molecule has 10 heteroatoms. The van der Waals surface area contributed by atoms with E-state index < -0.39 is 10.1 Å². The lowest BCUT2D eigenvalue weighted by Crippen LogP contribution is -2.28. The number of carbonyl (C=O) groups is 1. The smallest absolute Gasteiger partial charge is 0.339 e. The van der Waals surface area contributed by atoms with Crippen molar-refractivity contribution in [3.8, 4) is 5.75 Å². The highest BCUT2D eigenvalue weighted by Crippen LogP contribution is 2.40. The molecule has 0 aromatic heterocycles. The molecule has 0 spiro atoms. The van der Waals surface area contributed by atoms with Gasteiger partial charge in [0.15, 0.2) is 10.9 Å². The van der Waals surface area contributed by atoms with Gasteiger partial charge in [0, 0.05) is 0 Å². The van der Waals surface area contributed by atoms with E-state index in [2.05, 4.69) is 0 Å². The van der Waals surface area contributed by atoms with Gasteiger partial charge >= 0.3 is 10.1 Å². The van der Waals surface area contributed by atoms with Crippen LogP contribution in [0.15, 0.2) is 99.7 Å². The summed E-state index contributed by atoms with van der Waals surface area (Å²) in [5.74, 6) is -0.455. The van der Waals surface area contributed by atoms with Gasteiger partial charge in [0.25, 0.3) is 5.91 Å². The van der Waals surface area contributed by atoms with E-state index in [1.807, 2.05) is 69.3 Å². The molecule has 0 radical (unpaired) electrons. The maximum Gasteiger partial charge on any atom is 0.339 e. The number of benzene rings is 4. The standard InChI is InChI=1S/C31H24Cl2N2O4S2/c1-19-4-10-23(11-5-19)34-31-35(24-12-6-20(2)7-13-24)30(36)28(40-31)18-22-16-26(32)29(27(33)17-22)39-41(37,38)25-14-8-21(3)9-15-25/h4-18H,1-3H3/b28-18-,34-31?. The number of thioether (sulfide) groups is 1. The maximum absolute atomic E-state index is 13.6. The van der Waals surface area contributed by atoms with E-state index in [-0.39, 0.29) is 26.6 Å². The second-order valence-corrected chi connectivity index (χ2v) is 12.9. The van der Waals surface area contributed by atoms with Crippen molar-refractivity contribution in [1.29, 1.82) is 0 Å². The Bertz CT molecular complexity index is 1780. The van der Waals surface area contributed by atoms with Crippen molar-refractivity contribution >= 4 is 73.6 Å². The zero-order chi connectivity index (χ0) is 29.3. The van der Waals surface area contributed by atoms with E-state index in [1.54, 1.807) is 23.1 Å². The van der Waals surface area contributed by atoms with Gasteiger partial charge in [0.2, 0.25) is 0 Å². The number of nitrogens with zero attached hydrogens (tertiary/aromatic N) is 2. The number of aryl methyl sites for hydroxylation is 3. The van der Waals surface area contributed by atoms with Gasteiger partial charge in [0.05, 0.1) is 26.3 Å². The molecule has 0 atom stereocenters. The van der Waals surface area contributed by atoms with Crippen LogP contribution in [0.5, 0.6) is 5.75 Å². The molecule has 41 heavy (non-hydrogen) atoms. The van der Waals surface area contributed by atoms with Gasteiger partial charge in [-0.15, -0.1) is 0 Å². The molecule has 1 aliphatic heterocycles. The lowest BCUT2D eigenvalue weighted by atomic mass is 10.2. The van der Waals surface area contributed by atoms with Gasteiger partial charge in [-0.1, -0.05) is 76.3 Å². The van der Waals surface area contributed by atoms with Crippen LogP contribution in [-0.4, -0.2) is 19.5 Å². The van der Waals surface area contributed by atoms with Crippen LogP contribution < -0.4 is 9.08 Å². The van der Waals surface area contributed by atoms with Crippen molar-refractivity contribution in [3.63, 3.8) is 0 Å². The topological polar surface area (TPSA) is 76.0 Å². The highest BCUT2D eigenvalue weighted by atomic mass is 35.5. The van der Waals surface area contributed by atoms with Gasteiger partial charge in [-0.2, -0.15) is 8.42 Å². The Morgan fingerprint density at radius 2 is 1.32 bits per heavy atom. The second kappa shape index (κ2) is 11.7. The minimum absolute atomic E-state index is 0.0144. The van der Waals surface area contributed by atoms with Crippen LogP contribution in [0.3, 0.4) is 0 Å². The summed E-state index contributed by atoms with van der Waals surface area (Å²) in [5.41, 5.74) is 4.97. The predicted molar refractivity (Wildman–Crippen MR) is 168 cm³/mol. The zero-order valence-electron chi connectivity index (χ0n) is 22.3. The Morgan fingerprint density at radius 1 is 0.805 bits per heavy atom. The van der Waals surface area contributed by atoms with Gasteiger partial charge in [-0.25, -0.2) is 4.99 Å². The molecule has 1 fully saturated rings. The lowest BCUT2D eigenvalue weighted by Gasteiger charge is -2.16. The molecule has 1 heterocycles. The number of rotatable bonds is 6. The fourth-order valence-electron chi connectivity index (χ4n) is 3.96. The number of amidine groups is 1. The van der Waals surface area contributed by atoms with Crippen LogP contribution in [0.25, 0.3) is 6.08 Å². The van der Waals surface area contributed by atoms with Crippen LogP contribution in [-0.2, 0) is 14.9 Å². The second-order valence-electron chi connectivity index (χ2n) is 9.48. The van der Waals surface area contributed by atoms with Gasteiger partial charge in [-0.3, -0.25) is 9.69 Å². The molecule has 0 unspecified atom stereocenters. The molecule has 0 saturated carbocycles. The van der Waals surface area contributed by atoms with Gasteiger partial charge in [-0.05, 0) is 92.7 Å². The minimum atomic E-state index is -4.16. The van der Waals surface area contributed by atoms with Crippen molar-refractivity contribution in [2.75, 3.05) is 4.90 Å². The number of amides is 1. The van der Waals surface area contributed by atoms with E-state index in [4.69, 9.17) is 32.4 Å². The molecule has 0 N–H and O–H groups in total. The summed E-state index contributed by atoms with van der Waals surface area (Å²) in [7, 11) is -4.16. The number of hydrogen-bond donors (Lipinski definition) is 0. The first-order valence-electron chi connectivity index (χ1n) is 12.5. The van der Waals surface area contributed by atoms with Crippen LogP contribution in [0.1, 0.15) is 22.3 Å². The van der Waals surface area contributed by atoms with Crippen LogP contribution in [0, 0.1) is 20.8 Å². The summed E-state index contributed by atoms with van der Waals surface area (Å²) in [6.45, 7) is 5.82. The Kier molecular flexibility index (Phi) is 8.29. The first kappa shape index (κ1) is 29.0. The molecular weight excluding hydrogens is 599 g/mol. The van der Waals surface area contributed by atoms with Crippen molar-refractivity contribution in [2.45, 2.75) is 25.7 Å². The molecular formula is C31H24Cl2N2O4S2. The molecule has 1 saturated heterocycles. The van der Waals surface area contributed by atoms with Crippen LogP contribution in [0.4, 0.5) is 11.4 Å². The monoisotopic (exact) mass is 622 g/mol. The molecule has 208 valence electrons. The first-order chi connectivity index (χ1) is 19.5. The summed E-state index contributed by atoms with van der Waals surface area (Å²) in [6.07, 6.45) is 1.64. The van der Waals surface area contributed by atoms with Crippen molar-refractivity contribution < 1.29 is 17.4 Å². The quantitative estimate of drug-likeness (QED) is 0.159. The summed E-state index contributed by atoms with van der Waals surface area (Å²) in [4.78, 5) is 20.3. The van der Waals surface area contributed by atoms with E-state index in [0.717, 1.165) is 16.7 Å². The zero-order valence-corrected chi connectivity index (χ0v) is 25.4. The highest BCUT2D eigenvalue weighted by Gasteiger charge is 2.35. The van der Waals surface area contributed by atoms with Crippen molar-refractivity contribution in [3.05, 3.63) is 122 Å². The number of anilines is 1. The minimum Gasteiger partial charge on any atom is -0.376 e. The molecule has 0 bridgehead atoms. The molecule has 1 amide bonds. The normalized spacial score (nSPS) is 15.6. The van der Waals surface area contributed by atoms with Gasteiger partial charge in [0.1, 0.15) is 4.90 Å². The average Bonchev–Trinajstić information content (AvgIpc) is 3.22. The number of aliphatic imine (C=N–C) groups is 1. The average molecular weight is 624 g/mol. The largest absolute Gasteiger partial charge is 0.376 e. The van der Waals surface area contributed by atoms with Crippen LogP contribution in [0.2, 0.25) is 10.0 Å². The molecule has 6 nitrogen and oxygen atoms in total. The third-order valence-electron chi connectivity index (χ3n) is 6.18. The lowest BCUT2D eigenvalue weighted by molar-refractivity contribution is -0.113. The van der Waals surface area contributed by atoms with Crippen LogP contribution >= 0.6 is 35.0 Å². The Morgan fingerprint density at radius 3 is 1.88 bits per heavy atom. The maximum atomic E-state index is 13.6. The van der Waals surface area contributed by atoms with E-state index in [9.17, 15) is 13.2 Å². The third-order valence-corrected chi connectivity index (χ3v) is 8.94. The van der Waals surface area contributed by atoms with Crippen molar-refractivity contribution in [2.24, 2.45) is 4.99 Å². The number of halogens is 2. The molecule has 0 aliphatic carbocycles. The summed E-state index contributed by atoms with van der Waals surface area (Å²) >= 11 is 14.1. The molecule has 5 rings (SSSR count). The first-order valence-corrected chi connectivity index (χ1v) is 15.4. The Labute approximate surface area is 253 Å².